The van der Waals surface area contributed by atoms with Gasteiger partial charge >= 0.3 is 0 Å². The Morgan fingerprint density at radius 3 is 2.48 bits per heavy atom. The van der Waals surface area contributed by atoms with E-state index in [2.05, 4.69) is 10.2 Å². The minimum atomic E-state index is -3.59. The van der Waals surface area contributed by atoms with Gasteiger partial charge in [-0.2, -0.15) is 5.26 Å². The highest BCUT2D eigenvalue weighted by atomic mass is 19.3. The summed E-state index contributed by atoms with van der Waals surface area (Å²) >= 11 is 0. The molecule has 3 aromatic carbocycles. The summed E-state index contributed by atoms with van der Waals surface area (Å²) in [6, 6.07) is 18.1. The Morgan fingerprint density at radius 1 is 1.12 bits per heavy atom. The summed E-state index contributed by atoms with van der Waals surface area (Å²) < 4.78 is 57.0. The van der Waals surface area contributed by atoms with Crippen molar-refractivity contribution in [3.63, 3.8) is 0 Å². The zero-order valence-electron chi connectivity index (χ0n) is 21.6. The monoisotopic (exact) mass is 547 g/mol. The van der Waals surface area contributed by atoms with Crippen LogP contribution in [0, 0.1) is 17.1 Å². The van der Waals surface area contributed by atoms with Gasteiger partial charge in [-0.3, -0.25) is 4.79 Å². The normalized spacial score (nSPS) is 16.7. The van der Waals surface area contributed by atoms with E-state index in [4.69, 9.17) is 14.9 Å². The number of carbonyl (C=O) groups excluding carboxylic acids is 1. The Labute approximate surface area is 227 Å². The molecule has 2 heterocycles. The predicted octanol–water partition coefficient (Wildman–Crippen LogP) is 5.83. The van der Waals surface area contributed by atoms with Crippen molar-refractivity contribution < 1.29 is 27.1 Å². The van der Waals surface area contributed by atoms with Crippen LogP contribution in [0.25, 0.3) is 11.5 Å². The Hall–Kier alpha value is -4.69. The molecule has 0 spiro atoms. The summed E-state index contributed by atoms with van der Waals surface area (Å²) in [7, 11) is 0. The second-order valence-electron chi connectivity index (χ2n) is 10.00. The van der Waals surface area contributed by atoms with Crippen LogP contribution in [0.2, 0.25) is 0 Å². The third-order valence-electron chi connectivity index (χ3n) is 6.54. The number of anilines is 1. The van der Waals surface area contributed by atoms with Gasteiger partial charge in [0.25, 0.3) is 11.8 Å². The number of alkyl halides is 2. The maximum atomic E-state index is 15.2. The van der Waals surface area contributed by atoms with Crippen LogP contribution in [-0.2, 0) is 22.7 Å². The maximum absolute atomic E-state index is 15.2. The second-order valence-corrected chi connectivity index (χ2v) is 10.00. The number of nitrogens with zero attached hydrogens (tertiary/aromatic N) is 4. The molecule has 0 saturated heterocycles. The van der Waals surface area contributed by atoms with Crippen molar-refractivity contribution in [3.8, 4) is 29.0 Å². The number of fused-ring (bicyclic) bond motifs is 1. The molecule has 1 amide bonds. The SMILES string of the molecule is CC(C)(C#N)c1nnc(-c2cc3c(cc2F)C(F)(F)C[C@H](N)C(=O)N3Cc2ccc(Oc3ccccc3)cc2)o1. The first-order valence-electron chi connectivity index (χ1n) is 12.3. The van der Waals surface area contributed by atoms with E-state index in [0.717, 1.165) is 11.0 Å². The Morgan fingerprint density at radius 2 is 1.80 bits per heavy atom. The van der Waals surface area contributed by atoms with E-state index in [1.807, 2.05) is 24.3 Å². The van der Waals surface area contributed by atoms with Crippen LogP contribution >= 0.6 is 0 Å². The van der Waals surface area contributed by atoms with Crippen LogP contribution in [0.3, 0.4) is 0 Å². The number of nitriles is 1. The smallest absolute Gasteiger partial charge is 0.277 e. The fourth-order valence-electron chi connectivity index (χ4n) is 4.30. The molecule has 0 radical (unpaired) electrons. The lowest BCUT2D eigenvalue weighted by molar-refractivity contribution is -0.122. The third-order valence-corrected chi connectivity index (χ3v) is 6.54. The number of rotatable bonds is 6. The predicted molar refractivity (Wildman–Crippen MR) is 139 cm³/mol. The van der Waals surface area contributed by atoms with Crippen LogP contribution in [0.15, 0.2) is 71.1 Å². The third kappa shape index (κ3) is 5.13. The molecule has 4 aromatic rings. The molecule has 0 bridgehead atoms. The van der Waals surface area contributed by atoms with Crippen molar-refractivity contribution >= 4 is 11.6 Å². The van der Waals surface area contributed by atoms with Crippen LogP contribution in [0.5, 0.6) is 11.5 Å². The standard InChI is InChI=1S/C29H24F3N5O3/c1-28(2,16-33)27-36-35-25(40-27)20-12-24-21(13-22(20)30)29(31,32)14-23(34)26(38)37(24)15-17-8-10-19(11-9-17)39-18-6-4-3-5-7-18/h3-13,23H,14-15,34H2,1-2H3/t23-/m0/s1. The summed E-state index contributed by atoms with van der Waals surface area (Å²) in [6.45, 7) is 2.95. The van der Waals surface area contributed by atoms with E-state index in [9.17, 15) is 10.1 Å². The number of hydrogen-bond donors (Lipinski definition) is 1. The average molecular weight is 548 g/mol. The molecule has 40 heavy (non-hydrogen) atoms. The first kappa shape index (κ1) is 26.9. The lowest BCUT2D eigenvalue weighted by Gasteiger charge is -2.25. The molecule has 1 aliphatic heterocycles. The number of ether oxygens (including phenoxy) is 1. The van der Waals surface area contributed by atoms with Gasteiger partial charge in [-0.15, -0.1) is 10.2 Å². The summed E-state index contributed by atoms with van der Waals surface area (Å²) in [6.07, 6.45) is -0.987. The topological polar surface area (TPSA) is 118 Å². The van der Waals surface area contributed by atoms with E-state index in [-0.39, 0.29) is 29.6 Å². The number of hydrogen-bond acceptors (Lipinski definition) is 7. The van der Waals surface area contributed by atoms with Crippen molar-refractivity contribution in [1.82, 2.24) is 10.2 Å². The molecular formula is C29H24F3N5O3. The van der Waals surface area contributed by atoms with E-state index >= 15 is 13.2 Å². The molecule has 1 atom stereocenters. The summed E-state index contributed by atoms with van der Waals surface area (Å²) in [4.78, 5) is 14.4. The van der Waals surface area contributed by atoms with Crippen LogP contribution in [-0.4, -0.2) is 22.1 Å². The molecule has 8 nitrogen and oxygen atoms in total. The number of aromatic nitrogens is 2. The van der Waals surface area contributed by atoms with Gasteiger partial charge in [0.1, 0.15) is 22.7 Å². The fraction of sp³-hybridized carbons (Fsp3) is 0.241. The molecular weight excluding hydrogens is 523 g/mol. The number of para-hydroxylation sites is 1. The van der Waals surface area contributed by atoms with Crippen molar-refractivity contribution in [2.24, 2.45) is 5.73 Å². The fourth-order valence-corrected chi connectivity index (χ4v) is 4.30. The molecule has 0 fully saturated rings. The highest BCUT2D eigenvalue weighted by Crippen LogP contribution is 2.45. The summed E-state index contributed by atoms with van der Waals surface area (Å²) in [5.74, 6) is -4.60. The van der Waals surface area contributed by atoms with Gasteiger partial charge in [0.2, 0.25) is 11.8 Å². The molecule has 0 aliphatic carbocycles. The lowest BCUT2D eigenvalue weighted by atomic mass is 9.96. The molecule has 1 aliphatic rings. The van der Waals surface area contributed by atoms with Crippen LogP contribution in [0.4, 0.5) is 18.9 Å². The van der Waals surface area contributed by atoms with E-state index in [1.165, 1.54) is 13.8 Å². The van der Waals surface area contributed by atoms with Gasteiger partial charge in [0.05, 0.1) is 29.9 Å². The largest absolute Gasteiger partial charge is 0.457 e. The molecule has 0 saturated carbocycles. The Balaban J connectivity index is 1.53. The van der Waals surface area contributed by atoms with Gasteiger partial charge in [0.15, 0.2) is 0 Å². The van der Waals surface area contributed by atoms with Crippen molar-refractivity contribution in [2.75, 3.05) is 4.90 Å². The van der Waals surface area contributed by atoms with Crippen molar-refractivity contribution in [2.45, 2.75) is 44.2 Å². The zero-order valence-corrected chi connectivity index (χ0v) is 21.6. The number of benzene rings is 3. The summed E-state index contributed by atoms with van der Waals surface area (Å²) in [5, 5.41) is 17.0. The van der Waals surface area contributed by atoms with E-state index in [0.29, 0.717) is 23.1 Å². The molecule has 1 aromatic heterocycles. The highest BCUT2D eigenvalue weighted by molar-refractivity contribution is 5.99. The quantitative estimate of drug-likeness (QED) is 0.323. The Bertz CT molecular complexity index is 1600. The zero-order chi connectivity index (χ0) is 28.7. The Kier molecular flexibility index (Phi) is 6.81. The number of halogens is 3. The molecule has 11 heteroatoms. The van der Waals surface area contributed by atoms with Crippen molar-refractivity contribution in [1.29, 1.82) is 5.26 Å². The van der Waals surface area contributed by atoms with Gasteiger partial charge in [-0.25, -0.2) is 13.2 Å². The first-order valence-corrected chi connectivity index (χ1v) is 12.3. The molecule has 5 rings (SSSR count). The highest BCUT2D eigenvalue weighted by Gasteiger charge is 2.45. The van der Waals surface area contributed by atoms with Gasteiger partial charge in [0, 0.05) is 12.0 Å². The molecule has 2 N–H and O–H groups in total. The minimum Gasteiger partial charge on any atom is -0.457 e. The van der Waals surface area contributed by atoms with Gasteiger partial charge in [-0.1, -0.05) is 30.3 Å². The minimum absolute atomic E-state index is 0.0718. The first-order chi connectivity index (χ1) is 19.0. The van der Waals surface area contributed by atoms with Gasteiger partial charge in [-0.05, 0) is 55.8 Å². The van der Waals surface area contributed by atoms with Crippen LogP contribution in [0.1, 0.15) is 37.3 Å². The van der Waals surface area contributed by atoms with Gasteiger partial charge < -0.3 is 19.8 Å². The number of amides is 1. The van der Waals surface area contributed by atoms with E-state index < -0.39 is 41.1 Å². The van der Waals surface area contributed by atoms with E-state index in [1.54, 1.807) is 36.4 Å². The van der Waals surface area contributed by atoms with Crippen LogP contribution < -0.4 is 15.4 Å². The number of nitrogens with two attached hydrogens (primary N) is 1. The average Bonchev–Trinajstić information content (AvgIpc) is 3.42. The second kappa shape index (κ2) is 10.1. The summed E-state index contributed by atoms with van der Waals surface area (Å²) in [5.41, 5.74) is 4.11. The number of carbonyl (C=O) groups is 1. The molecule has 0 unspecified atom stereocenters. The lowest BCUT2D eigenvalue weighted by Crippen LogP contribution is -2.43. The van der Waals surface area contributed by atoms with Crippen molar-refractivity contribution in [3.05, 3.63) is 89.6 Å². The maximum Gasteiger partial charge on any atom is 0.277 e. The molecule has 204 valence electrons.